The summed E-state index contributed by atoms with van der Waals surface area (Å²) < 4.78 is 20.0. The van der Waals surface area contributed by atoms with Crippen molar-refractivity contribution in [2.75, 3.05) is 6.61 Å². The zero-order chi connectivity index (χ0) is 17.3. The Morgan fingerprint density at radius 1 is 1.29 bits per heavy atom. The number of ether oxygens (including phenoxy) is 1. The van der Waals surface area contributed by atoms with E-state index in [-0.39, 0.29) is 11.3 Å². The minimum Gasteiger partial charge on any atom is -0.490 e. The van der Waals surface area contributed by atoms with Crippen LogP contribution in [-0.2, 0) is 0 Å². The third-order valence-electron chi connectivity index (χ3n) is 4.16. The van der Waals surface area contributed by atoms with E-state index in [0.29, 0.717) is 39.9 Å². The van der Waals surface area contributed by atoms with Crippen molar-refractivity contribution in [2.45, 2.75) is 33.6 Å². The van der Waals surface area contributed by atoms with E-state index < -0.39 is 5.82 Å². The molecular formula is C19H21FN2O2. The molecule has 0 atom stereocenters. The van der Waals surface area contributed by atoms with Crippen LogP contribution in [0.25, 0.3) is 21.7 Å². The molecule has 0 unspecified atom stereocenters. The molecule has 0 aliphatic heterocycles. The predicted molar refractivity (Wildman–Crippen MR) is 94.1 cm³/mol. The zero-order valence-corrected chi connectivity index (χ0v) is 14.1. The number of nitrogens with one attached hydrogen (secondary N) is 1. The summed E-state index contributed by atoms with van der Waals surface area (Å²) in [7, 11) is 0. The van der Waals surface area contributed by atoms with Crippen molar-refractivity contribution in [3.63, 3.8) is 0 Å². The molecule has 24 heavy (non-hydrogen) atoms. The smallest absolute Gasteiger partial charge is 0.258 e. The second-order valence-corrected chi connectivity index (χ2v) is 6.49. The average Bonchev–Trinajstić information content (AvgIpc) is 2.52. The van der Waals surface area contributed by atoms with Crippen molar-refractivity contribution >= 4 is 21.7 Å². The molecule has 5 heteroatoms. The fourth-order valence-electron chi connectivity index (χ4n) is 2.93. The van der Waals surface area contributed by atoms with E-state index in [9.17, 15) is 9.18 Å². The van der Waals surface area contributed by atoms with Gasteiger partial charge in [-0.3, -0.25) is 9.78 Å². The van der Waals surface area contributed by atoms with Gasteiger partial charge in [0.05, 0.1) is 23.2 Å². The molecule has 2 aromatic heterocycles. The van der Waals surface area contributed by atoms with Crippen LogP contribution in [0.4, 0.5) is 4.39 Å². The first-order valence-corrected chi connectivity index (χ1v) is 8.21. The first kappa shape index (κ1) is 16.4. The van der Waals surface area contributed by atoms with Crippen LogP contribution in [0.3, 0.4) is 0 Å². The van der Waals surface area contributed by atoms with Gasteiger partial charge in [-0.25, -0.2) is 4.39 Å². The number of fused-ring (bicyclic) bond motifs is 3. The number of H-pyrrole nitrogens is 1. The highest BCUT2D eigenvalue weighted by atomic mass is 19.1. The number of aryl methyl sites for hydroxylation is 1. The van der Waals surface area contributed by atoms with Crippen LogP contribution in [0, 0.1) is 18.7 Å². The Kier molecular flexibility index (Phi) is 4.51. The quantitative estimate of drug-likeness (QED) is 0.560. The van der Waals surface area contributed by atoms with Crippen molar-refractivity contribution in [1.29, 1.82) is 0 Å². The number of rotatable bonds is 5. The van der Waals surface area contributed by atoms with Crippen molar-refractivity contribution in [3.05, 3.63) is 46.3 Å². The first-order valence-electron chi connectivity index (χ1n) is 8.21. The zero-order valence-electron chi connectivity index (χ0n) is 14.1. The normalized spacial score (nSPS) is 11.5. The van der Waals surface area contributed by atoms with Crippen molar-refractivity contribution in [3.8, 4) is 5.75 Å². The highest BCUT2D eigenvalue weighted by Crippen LogP contribution is 2.28. The summed E-state index contributed by atoms with van der Waals surface area (Å²) in [6, 6.07) is 4.73. The largest absolute Gasteiger partial charge is 0.490 e. The molecular weight excluding hydrogens is 307 g/mol. The number of aromatic nitrogens is 2. The molecule has 3 aromatic rings. The van der Waals surface area contributed by atoms with E-state index in [4.69, 9.17) is 4.74 Å². The number of nitrogens with zero attached hydrogens (tertiary/aromatic N) is 1. The van der Waals surface area contributed by atoms with Gasteiger partial charge in [-0.15, -0.1) is 0 Å². The Labute approximate surface area is 139 Å². The maximum Gasteiger partial charge on any atom is 0.258 e. The standard InChI is InChI=1S/C19H21FN2O2/c1-11(2)5-4-8-24-17-10-16-14(9-15(17)20)13-6-7-21-12(3)18(13)19(23)22-16/h6-7,9-11H,4-5,8H2,1-3H3,(H,22,23). The number of hydrogen-bond acceptors (Lipinski definition) is 3. The summed E-state index contributed by atoms with van der Waals surface area (Å²) >= 11 is 0. The predicted octanol–water partition coefficient (Wildman–Crippen LogP) is 4.34. The van der Waals surface area contributed by atoms with E-state index in [1.807, 2.05) is 0 Å². The van der Waals surface area contributed by atoms with Crippen molar-refractivity contribution in [1.82, 2.24) is 9.97 Å². The van der Waals surface area contributed by atoms with Crippen LogP contribution >= 0.6 is 0 Å². The van der Waals surface area contributed by atoms with E-state index in [2.05, 4.69) is 23.8 Å². The Hall–Kier alpha value is -2.43. The Balaban J connectivity index is 2.02. The van der Waals surface area contributed by atoms with Crippen LogP contribution in [-0.4, -0.2) is 16.6 Å². The molecule has 0 aliphatic rings. The topological polar surface area (TPSA) is 55.0 Å². The SMILES string of the molecule is Cc1nccc2c1c(=O)[nH]c1cc(OCCCC(C)C)c(F)cc12. The molecule has 0 bridgehead atoms. The maximum absolute atomic E-state index is 14.4. The minimum absolute atomic E-state index is 0.173. The average molecular weight is 328 g/mol. The molecule has 0 spiro atoms. The summed E-state index contributed by atoms with van der Waals surface area (Å²) in [5, 5.41) is 1.85. The minimum atomic E-state index is -0.421. The van der Waals surface area contributed by atoms with Gasteiger partial charge in [0.25, 0.3) is 5.56 Å². The third-order valence-corrected chi connectivity index (χ3v) is 4.16. The van der Waals surface area contributed by atoms with E-state index >= 15 is 0 Å². The molecule has 1 aromatic carbocycles. The van der Waals surface area contributed by atoms with Gasteiger partial charge in [-0.1, -0.05) is 13.8 Å². The molecule has 0 saturated heterocycles. The number of hydrogen-bond donors (Lipinski definition) is 1. The summed E-state index contributed by atoms with van der Waals surface area (Å²) in [6.45, 7) is 6.51. The molecule has 0 saturated carbocycles. The first-order chi connectivity index (χ1) is 11.5. The molecule has 2 heterocycles. The fourth-order valence-corrected chi connectivity index (χ4v) is 2.93. The lowest BCUT2D eigenvalue weighted by Crippen LogP contribution is -2.09. The van der Waals surface area contributed by atoms with Gasteiger partial charge in [-0.2, -0.15) is 0 Å². The van der Waals surface area contributed by atoms with Crippen molar-refractivity contribution < 1.29 is 9.13 Å². The van der Waals surface area contributed by atoms with Gasteiger partial charge in [0.15, 0.2) is 11.6 Å². The van der Waals surface area contributed by atoms with E-state index in [1.54, 1.807) is 25.3 Å². The lowest BCUT2D eigenvalue weighted by atomic mass is 10.1. The van der Waals surface area contributed by atoms with Crippen LogP contribution in [0.15, 0.2) is 29.2 Å². The summed E-state index contributed by atoms with van der Waals surface area (Å²) in [5.41, 5.74) is 0.976. The van der Waals surface area contributed by atoms with Crippen LogP contribution in [0.2, 0.25) is 0 Å². The van der Waals surface area contributed by atoms with Gasteiger partial charge in [-0.05, 0) is 43.2 Å². The fraction of sp³-hybridized carbons (Fsp3) is 0.368. The lowest BCUT2D eigenvalue weighted by Gasteiger charge is -2.11. The maximum atomic E-state index is 14.4. The van der Waals surface area contributed by atoms with E-state index in [1.165, 1.54) is 6.07 Å². The van der Waals surface area contributed by atoms with Crippen LogP contribution < -0.4 is 10.3 Å². The Bertz CT molecular complexity index is 947. The monoisotopic (exact) mass is 328 g/mol. The molecule has 0 fully saturated rings. The summed E-state index contributed by atoms with van der Waals surface area (Å²) in [5.74, 6) is 0.344. The number of benzene rings is 1. The molecule has 4 nitrogen and oxygen atoms in total. The summed E-state index contributed by atoms with van der Waals surface area (Å²) in [6.07, 6.45) is 3.53. The molecule has 3 rings (SSSR count). The molecule has 1 N–H and O–H groups in total. The Morgan fingerprint density at radius 3 is 2.83 bits per heavy atom. The van der Waals surface area contributed by atoms with Crippen molar-refractivity contribution in [2.24, 2.45) is 5.92 Å². The van der Waals surface area contributed by atoms with E-state index in [0.717, 1.165) is 12.8 Å². The van der Waals surface area contributed by atoms with Crippen LogP contribution in [0.5, 0.6) is 5.75 Å². The lowest BCUT2D eigenvalue weighted by molar-refractivity contribution is 0.285. The number of aromatic amines is 1. The third kappa shape index (κ3) is 3.11. The van der Waals surface area contributed by atoms with Crippen LogP contribution in [0.1, 0.15) is 32.4 Å². The molecule has 0 aliphatic carbocycles. The number of halogens is 1. The van der Waals surface area contributed by atoms with Gasteiger partial charge in [0.2, 0.25) is 0 Å². The highest BCUT2D eigenvalue weighted by Gasteiger charge is 2.12. The molecule has 0 amide bonds. The molecule has 126 valence electrons. The number of pyridine rings is 2. The Morgan fingerprint density at radius 2 is 2.08 bits per heavy atom. The second-order valence-electron chi connectivity index (χ2n) is 6.49. The van der Waals surface area contributed by atoms with Gasteiger partial charge in [0.1, 0.15) is 0 Å². The molecule has 0 radical (unpaired) electrons. The summed E-state index contributed by atoms with van der Waals surface area (Å²) in [4.78, 5) is 19.3. The highest BCUT2D eigenvalue weighted by molar-refractivity contribution is 6.06. The van der Waals surface area contributed by atoms with Gasteiger partial charge in [0, 0.05) is 17.6 Å². The second kappa shape index (κ2) is 6.59. The van der Waals surface area contributed by atoms with Gasteiger partial charge < -0.3 is 9.72 Å². The van der Waals surface area contributed by atoms with Gasteiger partial charge >= 0.3 is 0 Å².